The van der Waals surface area contributed by atoms with Gasteiger partial charge in [0.25, 0.3) is 0 Å². The normalized spacial score (nSPS) is 12.8. The van der Waals surface area contributed by atoms with Crippen LogP contribution in [0.3, 0.4) is 0 Å². The quantitative estimate of drug-likeness (QED) is 0.799. The van der Waals surface area contributed by atoms with E-state index in [0.29, 0.717) is 10.8 Å². The molecule has 0 radical (unpaired) electrons. The SMILES string of the molecule is Cc1cccc2c(NS(=O)c3cn(C)cn3)nn(C)c12. The van der Waals surface area contributed by atoms with E-state index < -0.39 is 11.0 Å². The number of para-hydroxylation sites is 1. The van der Waals surface area contributed by atoms with E-state index in [4.69, 9.17) is 0 Å². The maximum absolute atomic E-state index is 12.2. The van der Waals surface area contributed by atoms with Gasteiger partial charge in [0.15, 0.2) is 21.8 Å². The summed E-state index contributed by atoms with van der Waals surface area (Å²) in [6.45, 7) is 2.03. The van der Waals surface area contributed by atoms with Crippen molar-refractivity contribution in [3.05, 3.63) is 36.3 Å². The second kappa shape index (κ2) is 4.75. The van der Waals surface area contributed by atoms with Gasteiger partial charge in [-0.25, -0.2) is 9.19 Å². The molecule has 0 aliphatic carbocycles. The third-order valence-electron chi connectivity index (χ3n) is 3.13. The first kappa shape index (κ1) is 12.9. The van der Waals surface area contributed by atoms with Gasteiger partial charge >= 0.3 is 0 Å². The number of fused-ring (bicyclic) bond motifs is 1. The van der Waals surface area contributed by atoms with Crippen molar-refractivity contribution in [2.45, 2.75) is 11.9 Å². The highest BCUT2D eigenvalue weighted by Crippen LogP contribution is 2.25. The third kappa shape index (κ3) is 2.09. The van der Waals surface area contributed by atoms with E-state index in [1.807, 2.05) is 39.2 Å². The summed E-state index contributed by atoms with van der Waals surface area (Å²) in [6, 6.07) is 5.96. The maximum Gasteiger partial charge on any atom is 0.172 e. The highest BCUT2D eigenvalue weighted by atomic mass is 32.2. The maximum atomic E-state index is 12.2. The number of hydrogen-bond acceptors (Lipinski definition) is 3. The minimum atomic E-state index is -1.42. The van der Waals surface area contributed by atoms with E-state index in [0.717, 1.165) is 16.5 Å². The van der Waals surface area contributed by atoms with Crippen LogP contribution in [0.5, 0.6) is 0 Å². The molecule has 104 valence electrons. The fourth-order valence-electron chi connectivity index (χ4n) is 2.23. The van der Waals surface area contributed by atoms with Crippen LogP contribution in [0.1, 0.15) is 5.56 Å². The summed E-state index contributed by atoms with van der Waals surface area (Å²) >= 11 is 0. The predicted molar refractivity (Wildman–Crippen MR) is 78.7 cm³/mol. The average Bonchev–Trinajstić information content (AvgIpc) is 2.96. The lowest BCUT2D eigenvalue weighted by Gasteiger charge is -2.00. The predicted octanol–water partition coefficient (Wildman–Crippen LogP) is 1.75. The lowest BCUT2D eigenvalue weighted by Crippen LogP contribution is -2.06. The molecule has 0 amide bonds. The van der Waals surface area contributed by atoms with E-state index >= 15 is 0 Å². The minimum Gasteiger partial charge on any atom is -0.339 e. The summed E-state index contributed by atoms with van der Waals surface area (Å²) in [5.74, 6) is 0.607. The van der Waals surface area contributed by atoms with E-state index in [-0.39, 0.29) is 0 Å². The van der Waals surface area contributed by atoms with Crippen LogP contribution >= 0.6 is 0 Å². The highest BCUT2D eigenvalue weighted by Gasteiger charge is 2.14. The van der Waals surface area contributed by atoms with Crippen LogP contribution in [0.4, 0.5) is 5.82 Å². The summed E-state index contributed by atoms with van der Waals surface area (Å²) in [7, 11) is 2.30. The minimum absolute atomic E-state index is 0.485. The zero-order chi connectivity index (χ0) is 14.3. The summed E-state index contributed by atoms with van der Waals surface area (Å²) in [4.78, 5) is 4.08. The van der Waals surface area contributed by atoms with E-state index in [1.54, 1.807) is 21.8 Å². The third-order valence-corrected chi connectivity index (χ3v) is 4.10. The summed E-state index contributed by atoms with van der Waals surface area (Å²) < 4.78 is 18.7. The Balaban J connectivity index is 1.99. The smallest absolute Gasteiger partial charge is 0.172 e. The molecule has 1 N–H and O–H groups in total. The number of nitrogens with zero attached hydrogens (tertiary/aromatic N) is 4. The number of rotatable bonds is 3. The second-order valence-electron chi connectivity index (χ2n) is 4.69. The molecule has 7 heteroatoms. The molecule has 0 aliphatic rings. The summed E-state index contributed by atoms with van der Waals surface area (Å²) in [5.41, 5.74) is 2.17. The van der Waals surface area contributed by atoms with Crippen molar-refractivity contribution in [3.63, 3.8) is 0 Å². The van der Waals surface area contributed by atoms with Crippen molar-refractivity contribution in [1.29, 1.82) is 0 Å². The summed E-state index contributed by atoms with van der Waals surface area (Å²) in [6.07, 6.45) is 3.34. The topological polar surface area (TPSA) is 64.7 Å². The zero-order valence-electron chi connectivity index (χ0n) is 11.5. The monoisotopic (exact) mass is 289 g/mol. The molecule has 1 unspecified atom stereocenters. The van der Waals surface area contributed by atoms with Crippen molar-refractivity contribution < 1.29 is 4.21 Å². The molecule has 0 saturated carbocycles. The molecule has 1 atom stereocenters. The molecule has 0 fully saturated rings. The molecular weight excluding hydrogens is 274 g/mol. The van der Waals surface area contributed by atoms with Crippen molar-refractivity contribution in [1.82, 2.24) is 19.3 Å². The van der Waals surface area contributed by atoms with Crippen LogP contribution in [0, 0.1) is 6.92 Å². The average molecular weight is 289 g/mol. The molecule has 3 aromatic rings. The van der Waals surface area contributed by atoms with Gasteiger partial charge in [-0.1, -0.05) is 12.1 Å². The fraction of sp³-hybridized carbons (Fsp3) is 0.231. The van der Waals surface area contributed by atoms with Crippen LogP contribution in [-0.2, 0) is 25.1 Å². The Morgan fingerprint density at radius 2 is 2.10 bits per heavy atom. The van der Waals surface area contributed by atoms with Gasteiger partial charge in [-0.2, -0.15) is 5.10 Å². The summed E-state index contributed by atoms with van der Waals surface area (Å²) in [5, 5.41) is 5.84. The number of anilines is 1. The lowest BCUT2D eigenvalue weighted by molar-refractivity contribution is 0.683. The van der Waals surface area contributed by atoms with Gasteiger partial charge in [0.1, 0.15) is 0 Å². The van der Waals surface area contributed by atoms with Crippen molar-refractivity contribution in [3.8, 4) is 0 Å². The Labute approximate surface area is 119 Å². The molecule has 20 heavy (non-hydrogen) atoms. The van der Waals surface area contributed by atoms with Gasteiger partial charge in [-0.05, 0) is 18.6 Å². The van der Waals surface area contributed by atoms with E-state index in [9.17, 15) is 4.21 Å². The van der Waals surface area contributed by atoms with Crippen LogP contribution in [0.2, 0.25) is 0 Å². The van der Waals surface area contributed by atoms with E-state index in [1.165, 1.54) is 0 Å². The molecule has 0 bridgehead atoms. The van der Waals surface area contributed by atoms with Crippen LogP contribution < -0.4 is 4.72 Å². The molecule has 2 aromatic heterocycles. The molecule has 3 rings (SSSR count). The van der Waals surface area contributed by atoms with Gasteiger partial charge in [0.05, 0.1) is 11.8 Å². The Morgan fingerprint density at radius 1 is 1.30 bits per heavy atom. The molecular formula is C13H15N5OS. The molecule has 0 aliphatic heterocycles. The lowest BCUT2D eigenvalue weighted by atomic mass is 10.1. The van der Waals surface area contributed by atoms with Gasteiger partial charge in [-0.15, -0.1) is 0 Å². The Hall–Kier alpha value is -2.15. The standard InChI is InChI=1S/C13H15N5OS/c1-9-5-4-6-10-12(9)18(3)15-13(10)16-20(19)11-7-17(2)8-14-11/h4-8H,1-3H3,(H,15,16). The Bertz CT molecular complexity index is 804. The number of nitrogens with one attached hydrogen (secondary N) is 1. The fourth-order valence-corrected chi connectivity index (χ4v) is 3.07. The molecule has 1 aromatic carbocycles. The van der Waals surface area contributed by atoms with Crippen molar-refractivity contribution >= 4 is 27.7 Å². The van der Waals surface area contributed by atoms with Crippen LogP contribution in [-0.4, -0.2) is 23.5 Å². The zero-order valence-corrected chi connectivity index (χ0v) is 12.3. The van der Waals surface area contributed by atoms with E-state index in [2.05, 4.69) is 14.8 Å². The number of benzene rings is 1. The highest BCUT2D eigenvalue weighted by molar-refractivity contribution is 7.86. The van der Waals surface area contributed by atoms with Gasteiger partial charge in [0, 0.05) is 25.7 Å². The molecule has 6 nitrogen and oxygen atoms in total. The van der Waals surface area contributed by atoms with Crippen molar-refractivity contribution in [2.75, 3.05) is 4.72 Å². The van der Waals surface area contributed by atoms with Crippen LogP contribution in [0.25, 0.3) is 10.9 Å². The van der Waals surface area contributed by atoms with Crippen molar-refractivity contribution in [2.24, 2.45) is 14.1 Å². The Morgan fingerprint density at radius 3 is 2.80 bits per heavy atom. The van der Waals surface area contributed by atoms with Crippen LogP contribution in [0.15, 0.2) is 35.7 Å². The second-order valence-corrected chi connectivity index (χ2v) is 5.85. The number of aryl methyl sites for hydroxylation is 3. The molecule has 0 saturated heterocycles. The molecule has 2 heterocycles. The number of imidazole rings is 1. The first-order valence-electron chi connectivity index (χ1n) is 6.15. The van der Waals surface area contributed by atoms with Gasteiger partial charge in [-0.3, -0.25) is 9.40 Å². The Kier molecular flexibility index (Phi) is 3.06. The number of hydrogen-bond donors (Lipinski definition) is 1. The first-order valence-corrected chi connectivity index (χ1v) is 7.30. The van der Waals surface area contributed by atoms with Gasteiger partial charge < -0.3 is 4.57 Å². The molecule has 0 spiro atoms. The first-order chi connectivity index (χ1) is 9.56. The number of aromatic nitrogens is 4. The largest absolute Gasteiger partial charge is 0.339 e. The van der Waals surface area contributed by atoms with Gasteiger partial charge in [0.2, 0.25) is 0 Å².